The van der Waals surface area contributed by atoms with Crippen LogP contribution in [0, 0.1) is 0 Å². The molecule has 300 valence electrons. The molecule has 4 heteroatoms. The Hall–Kier alpha value is -8.60. The third-order valence-electron chi connectivity index (χ3n) is 11.7. The minimum Gasteiger partial charge on any atom is -0.256 e. The zero-order chi connectivity index (χ0) is 42.7. The van der Waals surface area contributed by atoms with E-state index in [1.807, 2.05) is 18.3 Å². The van der Waals surface area contributed by atoms with Gasteiger partial charge in [-0.1, -0.05) is 182 Å². The molecule has 0 fully saturated rings. The summed E-state index contributed by atoms with van der Waals surface area (Å²) in [7, 11) is 0. The van der Waals surface area contributed by atoms with Crippen LogP contribution in [0.3, 0.4) is 0 Å². The fourth-order valence-electron chi connectivity index (χ4n) is 8.50. The lowest BCUT2D eigenvalue weighted by Gasteiger charge is -2.14. The van der Waals surface area contributed by atoms with E-state index in [9.17, 15) is 0 Å². The first kappa shape index (κ1) is 38.3. The molecule has 0 amide bonds. The van der Waals surface area contributed by atoms with Gasteiger partial charge in [0.2, 0.25) is 0 Å². The molecule has 0 aliphatic rings. The maximum atomic E-state index is 5.32. The number of benzene rings is 9. The number of pyridine rings is 1. The van der Waals surface area contributed by atoms with Crippen LogP contribution in [0.5, 0.6) is 0 Å². The Morgan fingerprint density at radius 1 is 0.219 bits per heavy atom. The minimum absolute atomic E-state index is 0.580. The van der Waals surface area contributed by atoms with Gasteiger partial charge in [0.25, 0.3) is 0 Å². The van der Waals surface area contributed by atoms with Gasteiger partial charge in [0.1, 0.15) is 0 Å². The monoisotopic (exact) mass is 816 g/mol. The summed E-state index contributed by atoms with van der Waals surface area (Å²) in [5.41, 5.74) is 15.8. The highest BCUT2D eigenvalue weighted by atomic mass is 15.0. The number of rotatable bonds is 9. The number of fused-ring (bicyclic) bond motifs is 1. The van der Waals surface area contributed by atoms with E-state index in [4.69, 9.17) is 19.9 Å². The van der Waals surface area contributed by atoms with E-state index in [0.717, 1.165) is 94.4 Å². The summed E-state index contributed by atoms with van der Waals surface area (Å²) >= 11 is 0. The molecule has 64 heavy (non-hydrogen) atoms. The van der Waals surface area contributed by atoms with Crippen molar-refractivity contribution < 1.29 is 0 Å². The molecule has 0 atom stereocenters. The van der Waals surface area contributed by atoms with Crippen LogP contribution in [0.15, 0.2) is 243 Å². The second-order valence-electron chi connectivity index (χ2n) is 15.9. The molecule has 0 saturated carbocycles. The van der Waals surface area contributed by atoms with Crippen molar-refractivity contribution in [3.05, 3.63) is 243 Å². The Balaban J connectivity index is 1.10. The molecule has 9 aromatic carbocycles. The molecule has 2 aromatic heterocycles. The van der Waals surface area contributed by atoms with E-state index < -0.39 is 0 Å². The van der Waals surface area contributed by atoms with E-state index in [0.29, 0.717) is 17.5 Å². The van der Waals surface area contributed by atoms with Crippen molar-refractivity contribution in [1.82, 2.24) is 19.9 Å². The van der Waals surface area contributed by atoms with Crippen LogP contribution in [-0.4, -0.2) is 19.9 Å². The summed E-state index contributed by atoms with van der Waals surface area (Å²) in [6.45, 7) is 0. The van der Waals surface area contributed by atoms with Crippen LogP contribution in [0.2, 0.25) is 0 Å². The van der Waals surface area contributed by atoms with Crippen molar-refractivity contribution in [3.8, 4) is 101 Å². The lowest BCUT2D eigenvalue weighted by atomic mass is 9.93. The predicted molar refractivity (Wildman–Crippen MR) is 264 cm³/mol. The van der Waals surface area contributed by atoms with Crippen molar-refractivity contribution in [1.29, 1.82) is 0 Å². The van der Waals surface area contributed by atoms with Crippen molar-refractivity contribution in [2.24, 2.45) is 0 Å². The van der Waals surface area contributed by atoms with E-state index in [1.54, 1.807) is 0 Å². The van der Waals surface area contributed by atoms with Gasteiger partial charge in [-0.2, -0.15) is 0 Å². The molecule has 0 radical (unpaired) electrons. The van der Waals surface area contributed by atoms with Crippen LogP contribution < -0.4 is 0 Å². The lowest BCUT2D eigenvalue weighted by molar-refractivity contribution is 1.07. The van der Waals surface area contributed by atoms with E-state index in [-0.39, 0.29) is 0 Å². The van der Waals surface area contributed by atoms with Gasteiger partial charge in [0.05, 0.1) is 5.69 Å². The molecule has 0 N–H and O–H groups in total. The summed E-state index contributed by atoms with van der Waals surface area (Å²) in [4.78, 5) is 20.8. The summed E-state index contributed by atoms with van der Waals surface area (Å²) in [5.74, 6) is 1.76. The van der Waals surface area contributed by atoms with Crippen LogP contribution in [0.25, 0.3) is 112 Å². The van der Waals surface area contributed by atoms with Gasteiger partial charge < -0.3 is 0 Å². The standard InChI is InChI=1S/C60H40N4/c1-5-17-41(18-6-1)50-35-51(42-19-7-2-8-20-42)38-54(37-50)46-26-15-28-48(33-46)58-62-59(49-29-16-27-47(34-49)57-56-30-14-13-25-45(56)31-32-61-57)64-60(63-58)55-39-52(43-21-9-3-10-22-43)36-53(40-55)44-23-11-4-12-24-44/h1-40H. The normalized spacial score (nSPS) is 11.1. The summed E-state index contributed by atoms with van der Waals surface area (Å²) in [5, 5.41) is 2.23. The molecule has 11 aromatic rings. The molecule has 0 bridgehead atoms. The van der Waals surface area contributed by atoms with Crippen LogP contribution in [0.4, 0.5) is 0 Å². The predicted octanol–water partition coefficient (Wildman–Crippen LogP) is 15.4. The van der Waals surface area contributed by atoms with Gasteiger partial charge in [-0.15, -0.1) is 0 Å². The third kappa shape index (κ3) is 7.88. The van der Waals surface area contributed by atoms with Gasteiger partial charge in [-0.05, 0) is 116 Å². The minimum atomic E-state index is 0.580. The first-order chi connectivity index (χ1) is 31.7. The molecular weight excluding hydrogens is 777 g/mol. The Morgan fingerprint density at radius 3 is 1.03 bits per heavy atom. The van der Waals surface area contributed by atoms with Gasteiger partial charge in [0, 0.05) is 33.8 Å². The molecule has 2 heterocycles. The topological polar surface area (TPSA) is 51.6 Å². The molecule has 4 nitrogen and oxygen atoms in total. The maximum absolute atomic E-state index is 5.32. The number of hydrogen-bond acceptors (Lipinski definition) is 4. The molecule has 0 unspecified atom stereocenters. The summed E-state index contributed by atoms with van der Waals surface area (Å²) < 4.78 is 0. The van der Waals surface area contributed by atoms with Gasteiger partial charge >= 0.3 is 0 Å². The van der Waals surface area contributed by atoms with Gasteiger partial charge in [-0.25, -0.2) is 15.0 Å². The third-order valence-corrected chi connectivity index (χ3v) is 11.7. The average Bonchev–Trinajstić information content (AvgIpc) is 3.39. The van der Waals surface area contributed by atoms with Crippen LogP contribution in [0.1, 0.15) is 0 Å². The van der Waals surface area contributed by atoms with Gasteiger partial charge in [0.15, 0.2) is 17.5 Å². The first-order valence-electron chi connectivity index (χ1n) is 21.5. The Bertz CT molecular complexity index is 3300. The Morgan fingerprint density at radius 2 is 0.547 bits per heavy atom. The van der Waals surface area contributed by atoms with Crippen LogP contribution >= 0.6 is 0 Å². The van der Waals surface area contributed by atoms with Crippen molar-refractivity contribution >= 4 is 10.8 Å². The first-order valence-corrected chi connectivity index (χ1v) is 21.5. The zero-order valence-electron chi connectivity index (χ0n) is 34.9. The zero-order valence-corrected chi connectivity index (χ0v) is 34.9. The quantitative estimate of drug-likeness (QED) is 0.146. The highest BCUT2D eigenvalue weighted by Gasteiger charge is 2.17. The fraction of sp³-hybridized carbons (Fsp3) is 0. The molecule has 11 rings (SSSR count). The Labute approximate surface area is 373 Å². The highest BCUT2D eigenvalue weighted by molar-refractivity contribution is 5.95. The summed E-state index contributed by atoms with van der Waals surface area (Å²) in [6.07, 6.45) is 1.87. The Kier molecular flexibility index (Phi) is 10.2. The van der Waals surface area contributed by atoms with Crippen molar-refractivity contribution in [3.63, 3.8) is 0 Å². The second kappa shape index (κ2) is 17.0. The second-order valence-corrected chi connectivity index (χ2v) is 15.9. The molecule has 0 saturated heterocycles. The van der Waals surface area contributed by atoms with Crippen molar-refractivity contribution in [2.75, 3.05) is 0 Å². The average molecular weight is 817 g/mol. The molecule has 0 spiro atoms. The van der Waals surface area contributed by atoms with Crippen molar-refractivity contribution in [2.45, 2.75) is 0 Å². The molecule has 0 aliphatic carbocycles. The SMILES string of the molecule is c1ccc(-c2cc(-c3ccccc3)cc(-c3cccc(-c4nc(-c5cc(-c6ccccc6)cc(-c6ccccc6)c5)nc(-c5cccc(-c6nccc7ccccc67)c5)n4)c3)c2)cc1. The van der Waals surface area contributed by atoms with Gasteiger partial charge in [-0.3, -0.25) is 4.98 Å². The smallest absolute Gasteiger partial charge is 0.164 e. The highest BCUT2D eigenvalue weighted by Crippen LogP contribution is 2.37. The van der Waals surface area contributed by atoms with E-state index in [2.05, 4.69) is 224 Å². The number of aromatic nitrogens is 4. The molecule has 0 aliphatic heterocycles. The summed E-state index contributed by atoms with van der Waals surface area (Å²) in [6, 6.07) is 82.9. The van der Waals surface area contributed by atoms with E-state index >= 15 is 0 Å². The largest absolute Gasteiger partial charge is 0.256 e. The lowest BCUT2D eigenvalue weighted by Crippen LogP contribution is -2.01. The fourth-order valence-corrected chi connectivity index (χ4v) is 8.50. The number of hydrogen-bond donors (Lipinski definition) is 0. The maximum Gasteiger partial charge on any atom is 0.164 e. The van der Waals surface area contributed by atoms with E-state index in [1.165, 1.54) is 0 Å². The molecular formula is C60H40N4. The number of nitrogens with zero attached hydrogens (tertiary/aromatic N) is 4. The van der Waals surface area contributed by atoms with Crippen LogP contribution in [-0.2, 0) is 0 Å².